The molecule has 0 bridgehead atoms. The van der Waals surface area contributed by atoms with Gasteiger partial charge in [-0.15, -0.1) is 5.10 Å². The number of aromatic nitrogens is 3. The van der Waals surface area contributed by atoms with Crippen LogP contribution < -0.4 is 20.1 Å². The molecule has 1 fully saturated rings. The molecule has 0 aliphatic carbocycles. The van der Waals surface area contributed by atoms with Gasteiger partial charge in [-0.2, -0.15) is 4.98 Å². The maximum atomic E-state index is 8.24. The molecule has 1 aliphatic rings. The Morgan fingerprint density at radius 3 is 2.46 bits per heavy atom. The lowest BCUT2D eigenvalue weighted by atomic mass is 10.3. The SMILES string of the molecule is COc1cc(Nc2n[nH]c(C(=N)N3CCNCC3)n2)cc(OC)c1. The Bertz CT molecular complexity index is 687. The zero-order chi connectivity index (χ0) is 16.9. The van der Waals surface area contributed by atoms with Crippen LogP contribution in [-0.4, -0.2) is 66.3 Å². The first kappa shape index (κ1) is 16.1. The first-order valence-corrected chi connectivity index (χ1v) is 7.66. The second-order valence-corrected chi connectivity index (χ2v) is 5.32. The Balaban J connectivity index is 1.73. The van der Waals surface area contributed by atoms with Crippen molar-refractivity contribution in [2.24, 2.45) is 0 Å². The molecule has 2 aromatic rings. The summed E-state index contributed by atoms with van der Waals surface area (Å²) >= 11 is 0. The number of ether oxygens (including phenoxy) is 2. The zero-order valence-corrected chi connectivity index (χ0v) is 13.7. The number of hydrogen-bond acceptors (Lipinski definition) is 7. The molecule has 0 spiro atoms. The Kier molecular flexibility index (Phi) is 4.80. The molecular formula is C15H21N7O2. The summed E-state index contributed by atoms with van der Waals surface area (Å²) in [6.45, 7) is 3.31. The van der Waals surface area contributed by atoms with E-state index in [4.69, 9.17) is 14.9 Å². The Morgan fingerprint density at radius 2 is 1.83 bits per heavy atom. The van der Waals surface area contributed by atoms with Crippen molar-refractivity contribution in [3.63, 3.8) is 0 Å². The number of benzene rings is 1. The van der Waals surface area contributed by atoms with Crippen LogP contribution in [0.3, 0.4) is 0 Å². The summed E-state index contributed by atoms with van der Waals surface area (Å²) in [4.78, 5) is 6.31. The smallest absolute Gasteiger partial charge is 0.246 e. The molecule has 1 saturated heterocycles. The molecular weight excluding hydrogens is 310 g/mol. The summed E-state index contributed by atoms with van der Waals surface area (Å²) in [6.07, 6.45) is 0. The van der Waals surface area contributed by atoms with E-state index in [0.29, 0.717) is 29.1 Å². The highest BCUT2D eigenvalue weighted by Crippen LogP contribution is 2.27. The van der Waals surface area contributed by atoms with Gasteiger partial charge in [0.05, 0.1) is 14.2 Å². The largest absolute Gasteiger partial charge is 0.497 e. The standard InChI is InChI=1S/C15H21N7O2/c1-23-11-7-10(8-12(9-11)24-2)18-15-19-14(20-21-15)13(16)22-5-3-17-4-6-22/h7-9,16-17H,3-6H2,1-2H3,(H2,18,19,20,21). The van der Waals surface area contributed by atoms with E-state index in [0.717, 1.165) is 31.9 Å². The Labute approximate surface area is 139 Å². The van der Waals surface area contributed by atoms with E-state index in [1.165, 1.54) is 0 Å². The van der Waals surface area contributed by atoms with Crippen molar-refractivity contribution < 1.29 is 9.47 Å². The lowest BCUT2D eigenvalue weighted by molar-refractivity contribution is 0.355. The van der Waals surface area contributed by atoms with E-state index < -0.39 is 0 Å². The first-order chi connectivity index (χ1) is 11.7. The van der Waals surface area contributed by atoms with Crippen LogP contribution in [0, 0.1) is 5.41 Å². The van der Waals surface area contributed by atoms with E-state index in [9.17, 15) is 0 Å². The molecule has 128 valence electrons. The second kappa shape index (κ2) is 7.18. The monoisotopic (exact) mass is 331 g/mol. The molecule has 1 aromatic heterocycles. The van der Waals surface area contributed by atoms with Gasteiger partial charge in [0.15, 0.2) is 11.7 Å². The van der Waals surface area contributed by atoms with Gasteiger partial charge >= 0.3 is 0 Å². The second-order valence-electron chi connectivity index (χ2n) is 5.32. The number of H-pyrrole nitrogens is 1. The molecule has 0 radical (unpaired) electrons. The van der Waals surface area contributed by atoms with Crippen molar-refractivity contribution in [2.75, 3.05) is 45.7 Å². The summed E-state index contributed by atoms with van der Waals surface area (Å²) in [7, 11) is 3.19. The minimum Gasteiger partial charge on any atom is -0.497 e. The number of nitrogens with zero attached hydrogens (tertiary/aromatic N) is 3. The van der Waals surface area contributed by atoms with Crippen LogP contribution >= 0.6 is 0 Å². The number of rotatable bonds is 5. The van der Waals surface area contributed by atoms with Gasteiger partial charge in [0, 0.05) is 50.1 Å². The van der Waals surface area contributed by atoms with E-state index >= 15 is 0 Å². The molecule has 0 unspecified atom stereocenters. The molecule has 1 aromatic carbocycles. The van der Waals surface area contributed by atoms with Crippen molar-refractivity contribution >= 4 is 17.5 Å². The average molecular weight is 331 g/mol. The molecule has 2 heterocycles. The highest BCUT2D eigenvalue weighted by Gasteiger charge is 2.18. The predicted molar refractivity (Wildman–Crippen MR) is 90.5 cm³/mol. The number of nitrogens with one attached hydrogen (secondary N) is 4. The van der Waals surface area contributed by atoms with Gasteiger partial charge in [-0.1, -0.05) is 0 Å². The normalized spacial score (nSPS) is 14.3. The molecule has 0 amide bonds. The Morgan fingerprint density at radius 1 is 1.17 bits per heavy atom. The molecule has 9 nitrogen and oxygen atoms in total. The summed E-state index contributed by atoms with van der Waals surface area (Å²) < 4.78 is 10.5. The van der Waals surface area contributed by atoms with Crippen LogP contribution in [0.15, 0.2) is 18.2 Å². The van der Waals surface area contributed by atoms with Crippen LogP contribution in [-0.2, 0) is 0 Å². The molecule has 3 rings (SSSR count). The topological polar surface area (TPSA) is 111 Å². The van der Waals surface area contributed by atoms with Gasteiger partial charge in [0.2, 0.25) is 5.95 Å². The van der Waals surface area contributed by atoms with E-state index in [2.05, 4.69) is 25.8 Å². The van der Waals surface area contributed by atoms with Crippen molar-refractivity contribution in [3.05, 3.63) is 24.0 Å². The van der Waals surface area contributed by atoms with E-state index in [1.54, 1.807) is 20.3 Å². The van der Waals surface area contributed by atoms with Crippen LogP contribution in [0.4, 0.5) is 11.6 Å². The number of amidine groups is 1. The van der Waals surface area contributed by atoms with Crippen LogP contribution in [0.25, 0.3) is 0 Å². The minimum absolute atomic E-state index is 0.347. The first-order valence-electron chi connectivity index (χ1n) is 7.66. The highest BCUT2D eigenvalue weighted by atomic mass is 16.5. The van der Waals surface area contributed by atoms with Gasteiger partial charge < -0.3 is 25.0 Å². The third-order valence-corrected chi connectivity index (χ3v) is 3.75. The lowest BCUT2D eigenvalue weighted by Gasteiger charge is -2.28. The van der Waals surface area contributed by atoms with Crippen LogP contribution in [0.5, 0.6) is 11.5 Å². The maximum Gasteiger partial charge on any atom is 0.246 e. The van der Waals surface area contributed by atoms with Crippen LogP contribution in [0.1, 0.15) is 5.82 Å². The highest BCUT2D eigenvalue weighted by molar-refractivity contribution is 5.93. The molecule has 9 heteroatoms. The molecule has 0 atom stereocenters. The summed E-state index contributed by atoms with van der Waals surface area (Å²) in [5.41, 5.74) is 0.741. The summed E-state index contributed by atoms with van der Waals surface area (Å²) in [6, 6.07) is 5.43. The summed E-state index contributed by atoms with van der Waals surface area (Å²) in [5, 5.41) is 21.5. The minimum atomic E-state index is 0.347. The van der Waals surface area contributed by atoms with Crippen LogP contribution in [0.2, 0.25) is 0 Å². The van der Waals surface area contributed by atoms with E-state index in [-0.39, 0.29) is 0 Å². The molecule has 1 aliphatic heterocycles. The number of piperazine rings is 1. The fraction of sp³-hybridized carbons (Fsp3) is 0.400. The van der Waals surface area contributed by atoms with Gasteiger partial charge in [-0.3, -0.25) is 10.5 Å². The van der Waals surface area contributed by atoms with Crippen molar-refractivity contribution in [2.45, 2.75) is 0 Å². The predicted octanol–water partition coefficient (Wildman–Crippen LogP) is 0.796. The molecule has 4 N–H and O–H groups in total. The number of methoxy groups -OCH3 is 2. The summed E-state index contributed by atoms with van der Waals surface area (Å²) in [5.74, 6) is 2.51. The average Bonchev–Trinajstić information content (AvgIpc) is 3.09. The molecule has 24 heavy (non-hydrogen) atoms. The fourth-order valence-corrected chi connectivity index (χ4v) is 2.47. The van der Waals surface area contributed by atoms with Gasteiger partial charge in [-0.05, 0) is 0 Å². The van der Waals surface area contributed by atoms with Gasteiger partial charge in [0.1, 0.15) is 11.5 Å². The fourth-order valence-electron chi connectivity index (χ4n) is 2.47. The van der Waals surface area contributed by atoms with Gasteiger partial charge in [0.25, 0.3) is 0 Å². The van der Waals surface area contributed by atoms with Crippen molar-refractivity contribution in [1.29, 1.82) is 5.41 Å². The third kappa shape index (κ3) is 3.57. The van der Waals surface area contributed by atoms with Crippen molar-refractivity contribution in [3.8, 4) is 11.5 Å². The van der Waals surface area contributed by atoms with Crippen molar-refractivity contribution in [1.82, 2.24) is 25.4 Å². The zero-order valence-electron chi connectivity index (χ0n) is 13.7. The number of hydrogen-bond donors (Lipinski definition) is 4. The number of aromatic amines is 1. The van der Waals surface area contributed by atoms with E-state index in [1.807, 2.05) is 17.0 Å². The molecule has 0 saturated carbocycles. The maximum absolute atomic E-state index is 8.24. The lowest BCUT2D eigenvalue weighted by Crippen LogP contribution is -2.46. The Hall–Kier alpha value is -2.81. The quantitative estimate of drug-likeness (QED) is 0.473. The number of anilines is 2. The third-order valence-electron chi connectivity index (χ3n) is 3.75. The van der Waals surface area contributed by atoms with Gasteiger partial charge in [-0.25, -0.2) is 0 Å².